The van der Waals surface area contributed by atoms with Gasteiger partial charge >= 0.3 is 12.1 Å². The Morgan fingerprint density at radius 2 is 1.88 bits per heavy atom. The molecule has 0 bridgehead atoms. The molecule has 0 radical (unpaired) electrons. The summed E-state index contributed by atoms with van der Waals surface area (Å²) in [4.78, 5) is 16.1. The van der Waals surface area contributed by atoms with E-state index in [0.29, 0.717) is 0 Å². The van der Waals surface area contributed by atoms with Gasteiger partial charge in [-0.25, -0.2) is 14.2 Å². The highest BCUT2D eigenvalue weighted by Crippen LogP contribution is 2.35. The molecule has 0 aliphatic carbocycles. The Balaban J connectivity index is 2.37. The van der Waals surface area contributed by atoms with Crippen molar-refractivity contribution in [2.24, 2.45) is 0 Å². The number of aromatic carboxylic acids is 1. The Morgan fingerprint density at radius 3 is 2.50 bits per heavy atom. The fourth-order valence-corrected chi connectivity index (χ4v) is 3.28. The summed E-state index contributed by atoms with van der Waals surface area (Å²) < 4.78 is 52.6. The average Bonchev–Trinajstić information content (AvgIpc) is 2.59. The van der Waals surface area contributed by atoms with Crippen molar-refractivity contribution in [1.82, 2.24) is 4.98 Å². The molecule has 3 rings (SSSR count). The van der Waals surface area contributed by atoms with E-state index in [1.165, 1.54) is 18.2 Å². The number of rotatable bonds is 3. The van der Waals surface area contributed by atoms with Gasteiger partial charge in [-0.15, -0.1) is 0 Å². The Labute approximate surface area is 153 Å². The molecule has 134 valence electrons. The van der Waals surface area contributed by atoms with Crippen LogP contribution in [0.1, 0.15) is 21.5 Å². The van der Waals surface area contributed by atoms with E-state index in [0.717, 1.165) is 24.3 Å². The number of nitrogens with zero attached hydrogens (tertiary/aromatic N) is 1. The Kier molecular flexibility index (Phi) is 4.70. The molecule has 0 saturated carbocycles. The molecule has 2 aromatic carbocycles. The monoisotopic (exact) mass is 427 g/mol. The molecule has 3 aromatic rings. The number of fused-ring (bicyclic) bond motifs is 1. The predicted octanol–water partition coefficient (Wildman–Crippen LogP) is 5.65. The number of hydrogen-bond donors (Lipinski definition) is 1. The van der Waals surface area contributed by atoms with Crippen molar-refractivity contribution in [2.75, 3.05) is 0 Å². The molecular weight excluding hydrogens is 418 g/mol. The minimum atomic E-state index is -4.54. The fourth-order valence-electron chi connectivity index (χ4n) is 2.73. The van der Waals surface area contributed by atoms with Gasteiger partial charge in [0.05, 0.1) is 22.3 Å². The summed E-state index contributed by atoms with van der Waals surface area (Å²) in [5, 5.41) is 9.70. The zero-order chi connectivity index (χ0) is 19.1. The zero-order valence-corrected chi connectivity index (χ0v) is 14.5. The third kappa shape index (κ3) is 3.29. The minimum absolute atomic E-state index is 0.0274. The first-order valence-corrected chi connectivity index (χ1v) is 8.43. The molecule has 0 atom stereocenters. The van der Waals surface area contributed by atoms with Gasteiger partial charge in [0.25, 0.3) is 0 Å². The lowest BCUT2D eigenvalue weighted by Gasteiger charge is -2.15. The van der Waals surface area contributed by atoms with Gasteiger partial charge in [-0.2, -0.15) is 13.2 Å². The summed E-state index contributed by atoms with van der Waals surface area (Å²) in [6.07, 6.45) is -4.54. The lowest BCUT2D eigenvalue weighted by atomic mass is 9.97. The average molecular weight is 428 g/mol. The van der Waals surface area contributed by atoms with E-state index in [9.17, 15) is 27.5 Å². The molecule has 0 unspecified atom stereocenters. The second-order valence-electron chi connectivity index (χ2n) is 5.49. The molecular formula is C18H10BrF4NO2. The van der Waals surface area contributed by atoms with Crippen molar-refractivity contribution in [3.05, 3.63) is 65.0 Å². The molecule has 0 spiro atoms. The predicted molar refractivity (Wildman–Crippen MR) is 91.7 cm³/mol. The maximum Gasteiger partial charge on any atom is 0.416 e. The normalized spacial score (nSPS) is 11.7. The first kappa shape index (κ1) is 18.3. The second-order valence-corrected chi connectivity index (χ2v) is 6.05. The Hall–Kier alpha value is -2.48. The number of aromatic nitrogens is 1. The van der Waals surface area contributed by atoms with Crippen LogP contribution in [-0.2, 0) is 11.5 Å². The summed E-state index contributed by atoms with van der Waals surface area (Å²) in [5.41, 5.74) is -0.476. The van der Waals surface area contributed by atoms with Crippen molar-refractivity contribution in [2.45, 2.75) is 11.5 Å². The van der Waals surface area contributed by atoms with Gasteiger partial charge < -0.3 is 5.11 Å². The molecule has 1 N–H and O–H groups in total. The van der Waals surface area contributed by atoms with Gasteiger partial charge in [-0.05, 0) is 30.3 Å². The van der Waals surface area contributed by atoms with Crippen molar-refractivity contribution in [3.63, 3.8) is 0 Å². The second kappa shape index (κ2) is 6.68. The molecule has 1 heterocycles. The number of alkyl halides is 4. The van der Waals surface area contributed by atoms with E-state index in [1.54, 1.807) is 0 Å². The largest absolute Gasteiger partial charge is 0.478 e. The number of hydrogen-bond acceptors (Lipinski definition) is 2. The van der Waals surface area contributed by atoms with Gasteiger partial charge in [-0.1, -0.05) is 28.1 Å². The van der Waals surface area contributed by atoms with Crippen molar-refractivity contribution in [3.8, 4) is 11.3 Å². The molecule has 0 fully saturated rings. The van der Waals surface area contributed by atoms with Crippen molar-refractivity contribution >= 4 is 32.8 Å². The SMILES string of the molecule is O=C(O)c1c(CBr)c(-c2cccc(C(F)(F)F)c2)nc2ccc(F)cc12. The lowest BCUT2D eigenvalue weighted by molar-refractivity contribution is -0.137. The summed E-state index contributed by atoms with van der Waals surface area (Å²) in [6, 6.07) is 7.95. The molecule has 0 aliphatic rings. The van der Waals surface area contributed by atoms with Crippen LogP contribution in [0, 0.1) is 5.82 Å². The highest BCUT2D eigenvalue weighted by Gasteiger charge is 2.31. The van der Waals surface area contributed by atoms with Crippen molar-refractivity contribution in [1.29, 1.82) is 0 Å². The molecule has 8 heteroatoms. The summed E-state index contributed by atoms with van der Waals surface area (Å²) >= 11 is 3.17. The fraction of sp³-hybridized carbons (Fsp3) is 0.111. The molecule has 3 nitrogen and oxygen atoms in total. The highest BCUT2D eigenvalue weighted by atomic mass is 79.9. The van der Waals surface area contributed by atoms with Gasteiger partial charge in [0.1, 0.15) is 5.82 Å². The van der Waals surface area contributed by atoms with Crippen LogP contribution in [-0.4, -0.2) is 16.1 Å². The van der Waals surface area contributed by atoms with E-state index >= 15 is 0 Å². The standard InChI is InChI=1S/C18H10BrF4NO2/c19-8-13-15(17(25)26)12-7-11(20)4-5-14(12)24-16(13)9-2-1-3-10(6-9)18(21,22)23/h1-7H,8H2,(H,25,26). The topological polar surface area (TPSA) is 50.2 Å². The van der Waals surface area contributed by atoms with Crippen LogP contribution >= 0.6 is 15.9 Å². The molecule has 0 saturated heterocycles. The first-order valence-electron chi connectivity index (χ1n) is 7.31. The van der Waals surface area contributed by atoms with E-state index in [2.05, 4.69) is 20.9 Å². The van der Waals surface area contributed by atoms with E-state index < -0.39 is 23.5 Å². The third-order valence-electron chi connectivity index (χ3n) is 3.86. The number of carbonyl (C=O) groups is 1. The molecule has 26 heavy (non-hydrogen) atoms. The zero-order valence-electron chi connectivity index (χ0n) is 12.9. The third-order valence-corrected chi connectivity index (χ3v) is 4.42. The first-order chi connectivity index (χ1) is 12.2. The number of benzene rings is 2. The number of carboxylic acid groups (broad SMARTS) is 1. The van der Waals surface area contributed by atoms with Crippen LogP contribution < -0.4 is 0 Å². The summed E-state index contributed by atoms with van der Waals surface area (Å²) in [7, 11) is 0. The molecule has 0 aliphatic heterocycles. The number of pyridine rings is 1. The van der Waals surface area contributed by atoms with E-state index in [-0.39, 0.29) is 38.6 Å². The van der Waals surface area contributed by atoms with Crippen molar-refractivity contribution < 1.29 is 27.5 Å². The molecule has 0 amide bonds. The maximum absolute atomic E-state index is 13.6. The van der Waals surface area contributed by atoms with Gasteiger partial charge in [0.15, 0.2) is 0 Å². The number of halogens is 5. The number of carboxylic acids is 1. The van der Waals surface area contributed by atoms with Gasteiger partial charge in [0, 0.05) is 21.8 Å². The quantitative estimate of drug-likeness (QED) is 0.433. The van der Waals surface area contributed by atoms with Crippen LogP contribution in [0.3, 0.4) is 0 Å². The van der Waals surface area contributed by atoms with Crippen LogP contribution in [0.15, 0.2) is 42.5 Å². The van der Waals surface area contributed by atoms with E-state index in [1.807, 2.05) is 0 Å². The summed E-state index contributed by atoms with van der Waals surface area (Å²) in [5.74, 6) is -1.94. The Morgan fingerprint density at radius 1 is 1.15 bits per heavy atom. The van der Waals surface area contributed by atoms with Gasteiger partial charge in [-0.3, -0.25) is 0 Å². The summed E-state index contributed by atoms with van der Waals surface area (Å²) in [6.45, 7) is 0. The van der Waals surface area contributed by atoms with Crippen LogP contribution in [0.5, 0.6) is 0 Å². The van der Waals surface area contributed by atoms with Crippen LogP contribution in [0.4, 0.5) is 17.6 Å². The Bertz CT molecular complexity index is 1020. The maximum atomic E-state index is 13.6. The van der Waals surface area contributed by atoms with Gasteiger partial charge in [0.2, 0.25) is 0 Å². The van der Waals surface area contributed by atoms with Crippen LogP contribution in [0.25, 0.3) is 22.2 Å². The smallest absolute Gasteiger partial charge is 0.416 e. The lowest BCUT2D eigenvalue weighted by Crippen LogP contribution is -2.08. The highest BCUT2D eigenvalue weighted by molar-refractivity contribution is 9.08. The molecule has 1 aromatic heterocycles. The minimum Gasteiger partial charge on any atom is -0.478 e. The van der Waals surface area contributed by atoms with E-state index in [4.69, 9.17) is 0 Å². The van der Waals surface area contributed by atoms with Crippen LogP contribution in [0.2, 0.25) is 0 Å².